The predicted octanol–water partition coefficient (Wildman–Crippen LogP) is 1.29. The Morgan fingerprint density at radius 1 is 1.40 bits per heavy atom. The Labute approximate surface area is 88.8 Å². The number of hydrogen-bond acceptors (Lipinski definition) is 3. The van der Waals surface area contributed by atoms with Crippen LogP contribution in [0.5, 0.6) is 0 Å². The first-order valence-electron chi connectivity index (χ1n) is 5.80. The second-order valence-electron chi connectivity index (χ2n) is 5.03. The molecule has 4 rings (SSSR count). The zero-order valence-corrected chi connectivity index (χ0v) is 8.66. The lowest BCUT2D eigenvalue weighted by Crippen LogP contribution is -2.62. The first kappa shape index (κ1) is 8.36. The van der Waals surface area contributed by atoms with E-state index in [1.165, 1.54) is 17.7 Å². The maximum atomic E-state index is 5.70. The molecule has 3 heterocycles. The van der Waals surface area contributed by atoms with Gasteiger partial charge in [0, 0.05) is 19.1 Å². The van der Waals surface area contributed by atoms with E-state index in [0.29, 0.717) is 5.92 Å². The van der Waals surface area contributed by atoms with Crippen LogP contribution in [-0.4, -0.2) is 19.8 Å². The molecular weight excluding hydrogens is 190 g/mol. The third-order valence-corrected chi connectivity index (χ3v) is 4.40. The summed E-state index contributed by atoms with van der Waals surface area (Å²) in [5.74, 6) is 2.59. The van der Waals surface area contributed by atoms with Gasteiger partial charge in [0.2, 0.25) is 0 Å². The van der Waals surface area contributed by atoms with E-state index in [2.05, 4.69) is 11.4 Å². The minimum absolute atomic E-state index is 0.123. The molecule has 0 aromatic carbocycles. The van der Waals surface area contributed by atoms with Gasteiger partial charge < -0.3 is 14.5 Å². The highest BCUT2D eigenvalue weighted by Gasteiger charge is 2.60. The number of ether oxygens (including phenoxy) is 1. The molecule has 1 saturated heterocycles. The lowest BCUT2D eigenvalue weighted by molar-refractivity contribution is 0.0122. The van der Waals surface area contributed by atoms with Gasteiger partial charge in [-0.1, -0.05) is 0 Å². The predicted molar refractivity (Wildman–Crippen MR) is 54.5 cm³/mol. The van der Waals surface area contributed by atoms with Crippen LogP contribution in [-0.2, 0) is 16.7 Å². The molecule has 1 saturated carbocycles. The van der Waals surface area contributed by atoms with E-state index in [1.807, 2.05) is 6.26 Å². The highest BCUT2D eigenvalue weighted by atomic mass is 16.5. The van der Waals surface area contributed by atoms with E-state index in [0.717, 1.165) is 32.1 Å². The number of hydrogen-bond donors (Lipinski definition) is 1. The number of nitrogens with one attached hydrogen (secondary N) is 1. The molecule has 1 N–H and O–H groups in total. The molecule has 15 heavy (non-hydrogen) atoms. The Morgan fingerprint density at radius 3 is 3.33 bits per heavy atom. The summed E-state index contributed by atoms with van der Waals surface area (Å²) in [6.07, 6.45) is 4.13. The van der Waals surface area contributed by atoms with Crippen LogP contribution in [0.3, 0.4) is 0 Å². The van der Waals surface area contributed by atoms with E-state index < -0.39 is 0 Å². The van der Waals surface area contributed by atoms with Gasteiger partial charge in [0.05, 0.1) is 18.4 Å². The SMILES string of the molecule is c1cc2c(o1)C1(C[C@@H]3COC[C@@H]31)NCC2. The Morgan fingerprint density at radius 2 is 2.40 bits per heavy atom. The van der Waals surface area contributed by atoms with Gasteiger partial charge in [0.15, 0.2) is 0 Å². The molecule has 80 valence electrons. The lowest BCUT2D eigenvalue weighted by Gasteiger charge is -2.52. The highest BCUT2D eigenvalue weighted by Crippen LogP contribution is 2.55. The van der Waals surface area contributed by atoms with E-state index >= 15 is 0 Å². The quantitative estimate of drug-likeness (QED) is 0.693. The van der Waals surface area contributed by atoms with Crippen LogP contribution in [0.1, 0.15) is 17.7 Å². The van der Waals surface area contributed by atoms with Crippen LogP contribution in [0, 0.1) is 11.8 Å². The molecule has 1 aromatic rings. The summed E-state index contributed by atoms with van der Waals surface area (Å²) in [6, 6.07) is 2.13. The molecule has 1 unspecified atom stereocenters. The summed E-state index contributed by atoms with van der Waals surface area (Å²) >= 11 is 0. The molecule has 2 fully saturated rings. The zero-order valence-electron chi connectivity index (χ0n) is 8.66. The Hall–Kier alpha value is -0.800. The average Bonchev–Trinajstić information content (AvgIpc) is 2.82. The van der Waals surface area contributed by atoms with Gasteiger partial charge in [-0.15, -0.1) is 0 Å². The topological polar surface area (TPSA) is 34.4 Å². The Balaban J connectivity index is 1.80. The standard InChI is InChI=1S/C12H15NO2/c1-3-13-12(11-8(1)2-4-15-11)5-9-6-14-7-10(9)12/h2,4,9-10,13H,1,3,5-7H2/t9-,10+,12?/m1/s1. The van der Waals surface area contributed by atoms with Crippen molar-refractivity contribution < 1.29 is 9.15 Å². The molecule has 3 atom stereocenters. The number of rotatable bonds is 0. The zero-order chi connectivity index (χ0) is 9.88. The van der Waals surface area contributed by atoms with Gasteiger partial charge in [0.1, 0.15) is 5.76 Å². The minimum atomic E-state index is 0.123. The summed E-state index contributed by atoms with van der Waals surface area (Å²) in [5.41, 5.74) is 1.53. The van der Waals surface area contributed by atoms with Crippen LogP contribution < -0.4 is 5.32 Å². The van der Waals surface area contributed by atoms with Crippen molar-refractivity contribution in [3.63, 3.8) is 0 Å². The van der Waals surface area contributed by atoms with Crippen molar-refractivity contribution in [2.24, 2.45) is 11.8 Å². The van der Waals surface area contributed by atoms with Crippen molar-refractivity contribution in [1.82, 2.24) is 5.32 Å². The molecule has 0 bridgehead atoms. The molecule has 2 aliphatic heterocycles. The van der Waals surface area contributed by atoms with Gasteiger partial charge in [-0.25, -0.2) is 0 Å². The van der Waals surface area contributed by atoms with Crippen molar-refractivity contribution >= 4 is 0 Å². The monoisotopic (exact) mass is 205 g/mol. The van der Waals surface area contributed by atoms with Crippen LogP contribution in [0.25, 0.3) is 0 Å². The van der Waals surface area contributed by atoms with Crippen molar-refractivity contribution in [3.8, 4) is 0 Å². The van der Waals surface area contributed by atoms with E-state index in [-0.39, 0.29) is 5.54 Å². The van der Waals surface area contributed by atoms with Crippen molar-refractivity contribution in [2.75, 3.05) is 19.8 Å². The van der Waals surface area contributed by atoms with Crippen molar-refractivity contribution in [1.29, 1.82) is 0 Å². The second-order valence-corrected chi connectivity index (χ2v) is 5.03. The average molecular weight is 205 g/mol. The molecule has 1 aromatic heterocycles. The van der Waals surface area contributed by atoms with Crippen LogP contribution >= 0.6 is 0 Å². The maximum absolute atomic E-state index is 5.70. The molecule has 1 aliphatic carbocycles. The fourth-order valence-electron chi connectivity index (χ4n) is 3.64. The van der Waals surface area contributed by atoms with Gasteiger partial charge in [-0.2, -0.15) is 0 Å². The van der Waals surface area contributed by atoms with E-state index in [1.54, 1.807) is 0 Å². The van der Waals surface area contributed by atoms with E-state index in [4.69, 9.17) is 9.15 Å². The van der Waals surface area contributed by atoms with Gasteiger partial charge >= 0.3 is 0 Å². The fourth-order valence-corrected chi connectivity index (χ4v) is 3.64. The third kappa shape index (κ3) is 0.887. The normalized spacial score (nSPS) is 42.4. The van der Waals surface area contributed by atoms with Gasteiger partial charge in [-0.3, -0.25) is 0 Å². The maximum Gasteiger partial charge on any atom is 0.127 e. The smallest absolute Gasteiger partial charge is 0.127 e. The summed E-state index contributed by atoms with van der Waals surface area (Å²) in [6.45, 7) is 2.93. The molecule has 3 nitrogen and oxygen atoms in total. The molecule has 0 radical (unpaired) electrons. The van der Waals surface area contributed by atoms with Crippen molar-refractivity contribution in [3.05, 3.63) is 23.7 Å². The van der Waals surface area contributed by atoms with Crippen LogP contribution in [0.15, 0.2) is 16.7 Å². The summed E-state index contributed by atoms with van der Waals surface area (Å²) < 4.78 is 11.3. The first-order chi connectivity index (χ1) is 7.40. The third-order valence-electron chi connectivity index (χ3n) is 4.40. The second kappa shape index (κ2) is 2.66. The fraction of sp³-hybridized carbons (Fsp3) is 0.667. The number of fused-ring (bicyclic) bond motifs is 4. The summed E-state index contributed by atoms with van der Waals surface area (Å²) in [4.78, 5) is 0. The van der Waals surface area contributed by atoms with Crippen molar-refractivity contribution in [2.45, 2.75) is 18.4 Å². The molecule has 0 amide bonds. The Kier molecular flexibility index (Phi) is 1.48. The highest BCUT2D eigenvalue weighted by molar-refractivity contribution is 5.33. The molecular formula is C12H15NO2. The van der Waals surface area contributed by atoms with Gasteiger partial charge in [0.25, 0.3) is 0 Å². The minimum Gasteiger partial charge on any atom is -0.467 e. The number of furan rings is 1. The Bertz CT molecular complexity index is 400. The first-order valence-corrected chi connectivity index (χ1v) is 5.80. The van der Waals surface area contributed by atoms with Crippen LogP contribution in [0.2, 0.25) is 0 Å². The van der Waals surface area contributed by atoms with Gasteiger partial charge in [-0.05, 0) is 30.4 Å². The summed E-state index contributed by atoms with van der Waals surface area (Å²) in [7, 11) is 0. The molecule has 1 spiro atoms. The molecule has 3 aliphatic rings. The lowest BCUT2D eigenvalue weighted by atomic mass is 9.58. The molecule has 3 heteroatoms. The summed E-state index contributed by atoms with van der Waals surface area (Å²) in [5, 5.41) is 3.67. The van der Waals surface area contributed by atoms with E-state index in [9.17, 15) is 0 Å². The van der Waals surface area contributed by atoms with Crippen LogP contribution in [0.4, 0.5) is 0 Å². The largest absolute Gasteiger partial charge is 0.467 e.